The molecule has 106 valence electrons. The van der Waals surface area contributed by atoms with Crippen LogP contribution in [0, 0.1) is 0 Å². The number of nitrogens with zero attached hydrogens (tertiary/aromatic N) is 2. The first kappa shape index (κ1) is 14.1. The maximum Gasteiger partial charge on any atom is 0.309 e. The van der Waals surface area contributed by atoms with Crippen LogP contribution in [-0.2, 0) is 18.3 Å². The molecule has 0 radical (unpaired) electrons. The van der Waals surface area contributed by atoms with Crippen LogP contribution in [0.4, 0.5) is 0 Å². The van der Waals surface area contributed by atoms with Crippen LogP contribution in [0.1, 0.15) is 19.5 Å². The molecule has 1 heterocycles. The molecule has 20 heavy (non-hydrogen) atoms. The molecule has 0 bridgehead atoms. The lowest BCUT2D eigenvalue weighted by molar-refractivity contribution is -0.136. The molecule has 0 amide bonds. The molecule has 1 aromatic heterocycles. The van der Waals surface area contributed by atoms with E-state index in [1.165, 1.54) is 0 Å². The van der Waals surface area contributed by atoms with Gasteiger partial charge in [-0.05, 0) is 38.1 Å². The fraction of sp³-hybridized carbons (Fsp3) is 0.333. The third-order valence-electron chi connectivity index (χ3n) is 2.90. The van der Waals surface area contributed by atoms with Gasteiger partial charge in [-0.3, -0.25) is 4.79 Å². The van der Waals surface area contributed by atoms with Crippen molar-refractivity contribution in [2.45, 2.75) is 26.4 Å². The van der Waals surface area contributed by atoms with Crippen molar-refractivity contribution in [2.75, 3.05) is 0 Å². The lowest BCUT2D eigenvalue weighted by Gasteiger charge is -2.10. The number of carbonyl (C=O) groups is 1. The van der Waals surface area contributed by atoms with Crippen molar-refractivity contribution in [1.82, 2.24) is 9.55 Å². The molecule has 0 saturated carbocycles. The van der Waals surface area contributed by atoms with E-state index in [9.17, 15) is 4.79 Å². The standard InChI is InChI=1S/C15H18N2O3/c1-10(2)20-13-6-4-11(5-7-13)15-16-9-12(17(15)3)8-14(18)19/h4-7,9-10H,8H2,1-3H3,(H,18,19). The van der Waals surface area contributed by atoms with Gasteiger partial charge in [0.05, 0.1) is 12.5 Å². The van der Waals surface area contributed by atoms with Crippen molar-refractivity contribution < 1.29 is 14.6 Å². The summed E-state index contributed by atoms with van der Waals surface area (Å²) in [4.78, 5) is 15.0. The minimum Gasteiger partial charge on any atom is -0.491 e. The van der Waals surface area contributed by atoms with Gasteiger partial charge in [-0.2, -0.15) is 0 Å². The summed E-state index contributed by atoms with van der Waals surface area (Å²) < 4.78 is 7.39. The molecule has 0 unspecified atom stereocenters. The van der Waals surface area contributed by atoms with Gasteiger partial charge >= 0.3 is 5.97 Å². The van der Waals surface area contributed by atoms with Gasteiger partial charge in [0.25, 0.3) is 0 Å². The molecule has 5 heteroatoms. The van der Waals surface area contributed by atoms with Crippen molar-refractivity contribution in [2.24, 2.45) is 7.05 Å². The first-order valence-electron chi connectivity index (χ1n) is 6.47. The van der Waals surface area contributed by atoms with Crippen LogP contribution in [0.3, 0.4) is 0 Å². The van der Waals surface area contributed by atoms with E-state index in [1.807, 2.05) is 45.2 Å². The van der Waals surface area contributed by atoms with Gasteiger partial charge in [-0.25, -0.2) is 4.98 Å². The molecule has 2 aromatic rings. The van der Waals surface area contributed by atoms with E-state index in [-0.39, 0.29) is 12.5 Å². The van der Waals surface area contributed by atoms with Crippen LogP contribution in [0.5, 0.6) is 5.75 Å². The monoisotopic (exact) mass is 274 g/mol. The predicted molar refractivity (Wildman–Crippen MR) is 75.7 cm³/mol. The Labute approximate surface area is 117 Å². The number of ether oxygens (including phenoxy) is 1. The summed E-state index contributed by atoms with van der Waals surface area (Å²) in [5, 5.41) is 8.83. The molecule has 0 atom stereocenters. The maximum atomic E-state index is 10.8. The SMILES string of the molecule is CC(C)Oc1ccc(-c2ncc(CC(=O)O)n2C)cc1. The summed E-state index contributed by atoms with van der Waals surface area (Å²) in [6, 6.07) is 7.62. The fourth-order valence-electron chi connectivity index (χ4n) is 1.99. The Morgan fingerprint density at radius 2 is 2.00 bits per heavy atom. The zero-order chi connectivity index (χ0) is 14.7. The molecule has 0 saturated heterocycles. The maximum absolute atomic E-state index is 10.8. The molecule has 0 aliphatic rings. The van der Waals surface area contributed by atoms with E-state index in [2.05, 4.69) is 4.98 Å². The van der Waals surface area contributed by atoms with E-state index in [1.54, 1.807) is 10.8 Å². The van der Waals surface area contributed by atoms with Gasteiger partial charge in [0.2, 0.25) is 0 Å². The second-order valence-electron chi connectivity index (χ2n) is 4.89. The summed E-state index contributed by atoms with van der Waals surface area (Å²) in [5.74, 6) is 0.696. The number of hydrogen-bond donors (Lipinski definition) is 1. The number of rotatable bonds is 5. The quantitative estimate of drug-likeness (QED) is 0.909. The van der Waals surface area contributed by atoms with Crippen LogP contribution in [-0.4, -0.2) is 26.7 Å². The Hall–Kier alpha value is -2.30. The second kappa shape index (κ2) is 5.77. The van der Waals surface area contributed by atoms with Crippen LogP contribution in [0.25, 0.3) is 11.4 Å². The summed E-state index contributed by atoms with van der Waals surface area (Å²) in [7, 11) is 1.82. The van der Waals surface area contributed by atoms with Crippen molar-refractivity contribution in [3.63, 3.8) is 0 Å². The number of hydrogen-bond acceptors (Lipinski definition) is 3. The van der Waals surface area contributed by atoms with Gasteiger partial charge in [0.1, 0.15) is 11.6 Å². The van der Waals surface area contributed by atoms with Crippen LogP contribution >= 0.6 is 0 Å². The van der Waals surface area contributed by atoms with Crippen LogP contribution < -0.4 is 4.74 Å². The van der Waals surface area contributed by atoms with Gasteiger partial charge < -0.3 is 14.4 Å². The third-order valence-corrected chi connectivity index (χ3v) is 2.90. The fourth-order valence-corrected chi connectivity index (χ4v) is 1.99. The molecular formula is C15H18N2O3. The number of aromatic nitrogens is 2. The van der Waals surface area contributed by atoms with Crippen LogP contribution in [0.2, 0.25) is 0 Å². The van der Waals surface area contributed by atoms with E-state index in [4.69, 9.17) is 9.84 Å². The highest BCUT2D eigenvalue weighted by Gasteiger charge is 2.11. The summed E-state index contributed by atoms with van der Waals surface area (Å²) in [5.41, 5.74) is 1.61. The number of benzene rings is 1. The highest BCUT2D eigenvalue weighted by Crippen LogP contribution is 2.22. The topological polar surface area (TPSA) is 64.3 Å². The number of aliphatic carboxylic acids is 1. The highest BCUT2D eigenvalue weighted by molar-refractivity contribution is 5.70. The molecule has 0 aliphatic heterocycles. The van der Waals surface area contributed by atoms with E-state index in [0.717, 1.165) is 17.1 Å². The summed E-state index contributed by atoms with van der Waals surface area (Å²) in [6.07, 6.45) is 1.70. The Morgan fingerprint density at radius 1 is 1.35 bits per heavy atom. The largest absolute Gasteiger partial charge is 0.491 e. The molecule has 2 rings (SSSR count). The second-order valence-corrected chi connectivity index (χ2v) is 4.89. The minimum absolute atomic E-state index is 0.0297. The number of carboxylic acid groups (broad SMARTS) is 1. The van der Waals surface area contributed by atoms with Crippen molar-refractivity contribution in [1.29, 1.82) is 0 Å². The number of imidazole rings is 1. The van der Waals surface area contributed by atoms with Gasteiger partial charge in [0.15, 0.2) is 0 Å². The van der Waals surface area contributed by atoms with Gasteiger partial charge in [0, 0.05) is 24.5 Å². The summed E-state index contributed by atoms with van der Waals surface area (Å²) >= 11 is 0. The van der Waals surface area contributed by atoms with E-state index < -0.39 is 5.97 Å². The smallest absolute Gasteiger partial charge is 0.309 e. The zero-order valence-electron chi connectivity index (χ0n) is 11.8. The highest BCUT2D eigenvalue weighted by atomic mass is 16.5. The summed E-state index contributed by atoms with van der Waals surface area (Å²) in [6.45, 7) is 3.95. The molecule has 1 aromatic carbocycles. The molecule has 5 nitrogen and oxygen atoms in total. The minimum atomic E-state index is -0.861. The molecule has 0 spiro atoms. The normalized spacial score (nSPS) is 10.8. The zero-order valence-corrected chi connectivity index (χ0v) is 11.8. The third kappa shape index (κ3) is 3.17. The molecular weight excluding hydrogens is 256 g/mol. The van der Waals surface area contributed by atoms with Crippen LogP contribution in [0.15, 0.2) is 30.5 Å². The number of carboxylic acids is 1. The van der Waals surface area contributed by atoms with E-state index in [0.29, 0.717) is 5.69 Å². The molecule has 0 aliphatic carbocycles. The van der Waals surface area contributed by atoms with Gasteiger partial charge in [-0.1, -0.05) is 0 Å². The average molecular weight is 274 g/mol. The Morgan fingerprint density at radius 3 is 2.55 bits per heavy atom. The molecule has 0 fully saturated rings. The first-order chi connectivity index (χ1) is 9.47. The van der Waals surface area contributed by atoms with Crippen molar-refractivity contribution in [3.8, 4) is 17.1 Å². The first-order valence-corrected chi connectivity index (χ1v) is 6.47. The Kier molecular flexibility index (Phi) is 4.08. The lowest BCUT2D eigenvalue weighted by Crippen LogP contribution is -2.06. The Balaban J connectivity index is 2.23. The van der Waals surface area contributed by atoms with E-state index >= 15 is 0 Å². The van der Waals surface area contributed by atoms with Gasteiger partial charge in [-0.15, -0.1) is 0 Å². The molecule has 1 N–H and O–H groups in total. The Bertz CT molecular complexity index is 600. The lowest BCUT2D eigenvalue weighted by atomic mass is 10.2. The van der Waals surface area contributed by atoms with Crippen molar-refractivity contribution >= 4 is 5.97 Å². The van der Waals surface area contributed by atoms with Crippen molar-refractivity contribution in [3.05, 3.63) is 36.2 Å². The average Bonchev–Trinajstić information content (AvgIpc) is 2.71. The predicted octanol–water partition coefficient (Wildman–Crippen LogP) is 2.50.